The van der Waals surface area contributed by atoms with Gasteiger partial charge < -0.3 is 28.4 Å². The van der Waals surface area contributed by atoms with Gasteiger partial charge in [-0.3, -0.25) is 0 Å². The molecule has 3 aromatic rings. The molecule has 3 atom stereocenters. The molecule has 3 aromatic carbocycles. The quantitative estimate of drug-likeness (QED) is 0.202. The van der Waals surface area contributed by atoms with Gasteiger partial charge >= 0.3 is 0 Å². The Labute approximate surface area is 250 Å². The topological polar surface area (TPSA) is 65.3 Å². The molecule has 3 aliphatic heterocycles. The van der Waals surface area contributed by atoms with E-state index in [2.05, 4.69) is 77.9 Å². The monoisotopic (exact) mass is 572 g/mol. The van der Waals surface area contributed by atoms with E-state index in [1.54, 1.807) is 0 Å². The Morgan fingerprint density at radius 2 is 0.857 bits per heavy atom. The summed E-state index contributed by atoms with van der Waals surface area (Å²) in [5.41, 5.74) is 11.0. The first kappa shape index (κ1) is 29.0. The van der Waals surface area contributed by atoms with Crippen LogP contribution in [0.1, 0.15) is 62.4 Å². The second-order valence-electron chi connectivity index (χ2n) is 12.4. The Bertz CT molecular complexity index is 1290. The number of epoxide rings is 3. The molecule has 0 radical (unpaired) electrons. The number of aryl methyl sites for hydroxylation is 7. The number of hydrogen-bond acceptors (Lipinski definition) is 6. The van der Waals surface area contributed by atoms with E-state index in [0.29, 0.717) is 19.8 Å². The zero-order valence-corrected chi connectivity index (χ0v) is 25.9. The second-order valence-corrected chi connectivity index (χ2v) is 12.4. The minimum atomic E-state index is 0.227. The van der Waals surface area contributed by atoms with Gasteiger partial charge in [0.05, 0.1) is 19.8 Å². The Kier molecular flexibility index (Phi) is 8.49. The van der Waals surface area contributed by atoms with Crippen molar-refractivity contribution >= 4 is 0 Å². The summed E-state index contributed by atoms with van der Waals surface area (Å²) in [5, 5.41) is 0. The number of ether oxygens (including phenoxy) is 6. The normalized spacial score (nSPS) is 21.1. The van der Waals surface area contributed by atoms with Crippen molar-refractivity contribution in [2.24, 2.45) is 0 Å². The van der Waals surface area contributed by atoms with Crippen LogP contribution in [0.25, 0.3) is 0 Å². The van der Waals surface area contributed by atoms with Gasteiger partial charge in [-0.2, -0.15) is 0 Å². The largest absolute Gasteiger partial charge is 0.490 e. The Balaban J connectivity index is 1.27. The molecule has 6 rings (SSSR count). The maximum absolute atomic E-state index is 6.17. The van der Waals surface area contributed by atoms with Crippen LogP contribution < -0.4 is 14.2 Å². The van der Waals surface area contributed by atoms with Gasteiger partial charge in [0, 0.05) is 5.92 Å². The summed E-state index contributed by atoms with van der Waals surface area (Å²) >= 11 is 0. The van der Waals surface area contributed by atoms with Gasteiger partial charge in [-0.1, -0.05) is 36.4 Å². The molecule has 3 fully saturated rings. The van der Waals surface area contributed by atoms with E-state index >= 15 is 0 Å². The molecule has 0 spiro atoms. The smallest absolute Gasteiger partial charge is 0.125 e. The van der Waals surface area contributed by atoms with Crippen molar-refractivity contribution in [3.05, 3.63) is 86.5 Å². The van der Waals surface area contributed by atoms with Crippen molar-refractivity contribution in [2.45, 2.75) is 78.6 Å². The molecule has 224 valence electrons. The molecule has 0 aliphatic carbocycles. The molecule has 6 nitrogen and oxygen atoms in total. The van der Waals surface area contributed by atoms with Crippen LogP contribution in [-0.2, 0) is 20.6 Å². The van der Waals surface area contributed by atoms with Crippen molar-refractivity contribution < 1.29 is 28.4 Å². The third kappa shape index (κ3) is 7.11. The zero-order valence-electron chi connectivity index (χ0n) is 25.9. The number of hydrogen-bond donors (Lipinski definition) is 0. The highest BCUT2D eigenvalue weighted by Gasteiger charge is 2.27. The fourth-order valence-corrected chi connectivity index (χ4v) is 6.10. The highest BCUT2D eigenvalue weighted by Crippen LogP contribution is 2.38. The predicted molar refractivity (Wildman–Crippen MR) is 164 cm³/mol. The first-order chi connectivity index (χ1) is 20.2. The van der Waals surface area contributed by atoms with Gasteiger partial charge in [0.15, 0.2) is 0 Å². The third-order valence-electron chi connectivity index (χ3n) is 8.46. The summed E-state index contributed by atoms with van der Waals surface area (Å²) in [7, 11) is 0. The predicted octanol–water partition coefficient (Wildman–Crippen LogP) is 6.63. The van der Waals surface area contributed by atoms with E-state index in [0.717, 1.165) is 49.9 Å². The van der Waals surface area contributed by atoms with Crippen LogP contribution in [0.4, 0.5) is 0 Å². The second kappa shape index (κ2) is 12.3. The molecule has 0 amide bonds. The number of benzene rings is 3. The van der Waals surface area contributed by atoms with E-state index in [9.17, 15) is 0 Å². The molecule has 3 unspecified atom stereocenters. The fourth-order valence-electron chi connectivity index (χ4n) is 6.10. The lowest BCUT2D eigenvalue weighted by atomic mass is 9.83. The average molecular weight is 573 g/mol. The summed E-state index contributed by atoms with van der Waals surface area (Å²) in [5.74, 6) is 3.17. The van der Waals surface area contributed by atoms with E-state index in [1.807, 2.05) is 0 Å². The van der Waals surface area contributed by atoms with Gasteiger partial charge in [0.2, 0.25) is 0 Å². The van der Waals surface area contributed by atoms with Crippen molar-refractivity contribution in [1.82, 2.24) is 0 Å². The lowest BCUT2D eigenvalue weighted by Gasteiger charge is -2.24. The Morgan fingerprint density at radius 3 is 1.17 bits per heavy atom. The van der Waals surface area contributed by atoms with E-state index in [4.69, 9.17) is 28.4 Å². The molecular weight excluding hydrogens is 528 g/mol. The first-order valence-electron chi connectivity index (χ1n) is 15.3. The molecule has 3 aliphatic rings. The molecule has 3 saturated heterocycles. The maximum atomic E-state index is 6.17. The molecule has 42 heavy (non-hydrogen) atoms. The van der Waals surface area contributed by atoms with Gasteiger partial charge in [0.25, 0.3) is 0 Å². The van der Waals surface area contributed by atoms with Crippen LogP contribution in [0.5, 0.6) is 17.2 Å². The average Bonchev–Trinajstić information content (AvgIpc) is 3.77. The van der Waals surface area contributed by atoms with Crippen LogP contribution >= 0.6 is 0 Å². The SMILES string of the molecule is Cc1cc(CCC(c2cc(C)c(OCC3CO3)c(C)c2)c2cc(C)c(OCC3CO3)c(C)c2)cc(C)c1OCC1CO1. The molecular formula is C36H44O6. The standard InChI is InChI=1S/C36H44O6/c1-21-9-27(10-22(2)34(21)40-18-30-15-37-30)7-8-33(28-11-23(3)35(24(4)12-28)41-19-31-16-38-31)29-13-25(5)36(26(6)14-29)42-20-32-17-39-32/h9-14,30-33H,7-8,15-20H2,1-6H3. The van der Waals surface area contributed by atoms with Crippen LogP contribution in [0.15, 0.2) is 36.4 Å². The van der Waals surface area contributed by atoms with Crippen LogP contribution in [-0.4, -0.2) is 58.0 Å². The summed E-state index contributed by atoms with van der Waals surface area (Å²) in [6.45, 7) is 17.2. The van der Waals surface area contributed by atoms with E-state index < -0.39 is 0 Å². The van der Waals surface area contributed by atoms with Gasteiger partial charge in [-0.25, -0.2) is 0 Å². The van der Waals surface area contributed by atoms with Crippen molar-refractivity contribution in [1.29, 1.82) is 0 Å². The molecule has 3 heterocycles. The Morgan fingerprint density at radius 1 is 0.548 bits per heavy atom. The maximum Gasteiger partial charge on any atom is 0.125 e. The minimum absolute atomic E-state index is 0.227. The van der Waals surface area contributed by atoms with Gasteiger partial charge in [0.1, 0.15) is 55.4 Å². The van der Waals surface area contributed by atoms with Crippen LogP contribution in [0, 0.1) is 41.5 Å². The van der Waals surface area contributed by atoms with Crippen molar-refractivity contribution in [2.75, 3.05) is 39.6 Å². The van der Waals surface area contributed by atoms with E-state index in [1.165, 1.54) is 50.1 Å². The summed E-state index contributed by atoms with van der Waals surface area (Å²) in [6.07, 6.45) is 2.67. The fraction of sp³-hybridized carbons (Fsp3) is 0.500. The van der Waals surface area contributed by atoms with Gasteiger partial charge in [-0.05, 0) is 104 Å². The number of rotatable bonds is 14. The molecule has 6 heteroatoms. The lowest BCUT2D eigenvalue weighted by Crippen LogP contribution is -2.10. The highest BCUT2D eigenvalue weighted by atomic mass is 16.6. The van der Waals surface area contributed by atoms with Crippen molar-refractivity contribution in [3.63, 3.8) is 0 Å². The van der Waals surface area contributed by atoms with Crippen LogP contribution in [0.2, 0.25) is 0 Å². The molecule has 0 N–H and O–H groups in total. The molecule has 0 saturated carbocycles. The summed E-state index contributed by atoms with van der Waals surface area (Å²) in [6, 6.07) is 13.8. The van der Waals surface area contributed by atoms with Crippen LogP contribution in [0.3, 0.4) is 0 Å². The highest BCUT2D eigenvalue weighted by molar-refractivity contribution is 5.50. The van der Waals surface area contributed by atoms with E-state index in [-0.39, 0.29) is 24.2 Å². The molecule has 0 aromatic heterocycles. The van der Waals surface area contributed by atoms with Crippen molar-refractivity contribution in [3.8, 4) is 17.2 Å². The Hall–Kier alpha value is -3.06. The first-order valence-corrected chi connectivity index (χ1v) is 15.3. The third-order valence-corrected chi connectivity index (χ3v) is 8.46. The van der Waals surface area contributed by atoms with Gasteiger partial charge in [-0.15, -0.1) is 0 Å². The summed E-state index contributed by atoms with van der Waals surface area (Å²) in [4.78, 5) is 0. The summed E-state index contributed by atoms with van der Waals surface area (Å²) < 4.78 is 34.5. The minimum Gasteiger partial charge on any atom is -0.490 e. The lowest BCUT2D eigenvalue weighted by molar-refractivity contribution is 0.260. The zero-order chi connectivity index (χ0) is 29.4. The molecule has 0 bridgehead atoms.